The second-order valence-electron chi connectivity index (χ2n) is 5.92. The number of pyridine rings is 1. The Balaban J connectivity index is 0.00000243. The van der Waals surface area contributed by atoms with E-state index in [1.807, 2.05) is 24.6 Å². The minimum Gasteiger partial charge on any atom is -0.367 e. The number of hydrogen-bond acceptors (Lipinski definition) is 5. The highest BCUT2D eigenvalue weighted by Gasteiger charge is 2.21. The number of nitrogens with zero attached hydrogens (tertiary/aromatic N) is 7. The van der Waals surface area contributed by atoms with E-state index < -0.39 is 0 Å². The molecule has 0 atom stereocenters. The van der Waals surface area contributed by atoms with Gasteiger partial charge in [-0.15, -0.1) is 34.2 Å². The van der Waals surface area contributed by atoms with Crippen LogP contribution in [-0.2, 0) is 13.6 Å². The smallest absolute Gasteiger partial charge is 0.194 e. The third-order valence-corrected chi connectivity index (χ3v) is 4.76. The second-order valence-corrected chi connectivity index (χ2v) is 6.33. The van der Waals surface area contributed by atoms with Gasteiger partial charge in [-0.2, -0.15) is 0 Å². The highest BCUT2D eigenvalue weighted by Crippen LogP contribution is 2.25. The molecule has 2 aromatic heterocycles. The summed E-state index contributed by atoms with van der Waals surface area (Å²) in [6.07, 6.45) is 3.46. The van der Waals surface area contributed by atoms with Gasteiger partial charge in [-0.1, -0.05) is 11.6 Å². The molecular weight excluding hydrogens is 467 g/mol. The van der Waals surface area contributed by atoms with Crippen LogP contribution in [0.25, 0.3) is 0 Å². The maximum absolute atomic E-state index is 6.25. The van der Waals surface area contributed by atoms with Crippen molar-refractivity contribution in [3.8, 4) is 0 Å². The molecule has 0 spiro atoms. The third-order valence-electron chi connectivity index (χ3n) is 4.47. The third kappa shape index (κ3) is 4.56. The van der Waals surface area contributed by atoms with Crippen LogP contribution in [0.1, 0.15) is 11.6 Å². The number of rotatable bonds is 3. The largest absolute Gasteiger partial charge is 0.367 e. The monoisotopic (exact) mass is 490 g/mol. The van der Waals surface area contributed by atoms with Crippen molar-refractivity contribution in [2.45, 2.75) is 13.5 Å². The molecule has 1 aliphatic rings. The molecule has 142 valence electrons. The Morgan fingerprint density at radius 3 is 2.58 bits per heavy atom. The first-order valence-electron chi connectivity index (χ1n) is 8.25. The quantitative estimate of drug-likeness (QED) is 0.401. The molecule has 3 rings (SSSR count). The normalized spacial score (nSPS) is 15.0. The van der Waals surface area contributed by atoms with Gasteiger partial charge in [0.25, 0.3) is 0 Å². The van der Waals surface area contributed by atoms with E-state index in [1.165, 1.54) is 0 Å². The van der Waals surface area contributed by atoms with Crippen molar-refractivity contribution < 1.29 is 0 Å². The zero-order chi connectivity index (χ0) is 17.8. The van der Waals surface area contributed by atoms with Crippen molar-refractivity contribution in [3.05, 3.63) is 35.1 Å². The number of anilines is 1. The first-order valence-corrected chi connectivity index (χ1v) is 8.63. The number of aliphatic imine (C=N–C) groups is 1. The Morgan fingerprint density at radius 2 is 2.00 bits per heavy atom. The van der Waals surface area contributed by atoms with Gasteiger partial charge in [0.1, 0.15) is 5.82 Å². The lowest BCUT2D eigenvalue weighted by Gasteiger charge is -2.37. The fourth-order valence-corrected chi connectivity index (χ4v) is 3.12. The van der Waals surface area contributed by atoms with Crippen LogP contribution in [-0.4, -0.2) is 63.8 Å². The fourth-order valence-electron chi connectivity index (χ4n) is 2.88. The molecule has 0 amide bonds. The number of aryl methyl sites for hydroxylation is 1. The molecule has 10 heteroatoms. The van der Waals surface area contributed by atoms with Crippen LogP contribution in [0.2, 0.25) is 5.02 Å². The summed E-state index contributed by atoms with van der Waals surface area (Å²) in [5.41, 5.74) is 1.04. The summed E-state index contributed by atoms with van der Waals surface area (Å²) in [5, 5.41) is 12.3. The zero-order valence-electron chi connectivity index (χ0n) is 15.2. The molecular formula is C16H24ClIN8. The summed E-state index contributed by atoms with van der Waals surface area (Å²) in [6.45, 7) is 6.04. The standard InChI is InChI=1S/C16H23ClN8.HI/c1-12-21-22-15(23(12)3)11-20-16(18-2)25-8-6-24(7-9-25)14-4-5-19-10-13(14)17;/h4-5,10H,6-9,11H2,1-3H3,(H,18,20);1H. The molecule has 2 aromatic rings. The van der Waals surface area contributed by atoms with E-state index in [2.05, 4.69) is 35.3 Å². The SMILES string of the molecule is CN=C(NCc1nnc(C)n1C)N1CCN(c2ccncc2Cl)CC1.I. The average molecular weight is 491 g/mol. The Bertz CT molecular complexity index is 754. The predicted octanol–water partition coefficient (Wildman–Crippen LogP) is 1.69. The van der Waals surface area contributed by atoms with Gasteiger partial charge in [-0.25, -0.2) is 0 Å². The molecule has 1 N–H and O–H groups in total. The number of guanidine groups is 1. The van der Waals surface area contributed by atoms with Gasteiger partial charge in [0.2, 0.25) is 0 Å². The molecule has 3 heterocycles. The maximum Gasteiger partial charge on any atom is 0.194 e. The highest BCUT2D eigenvalue weighted by atomic mass is 127. The number of aromatic nitrogens is 4. The molecule has 0 unspecified atom stereocenters. The van der Waals surface area contributed by atoms with Crippen molar-refractivity contribution in [1.82, 2.24) is 30.0 Å². The number of nitrogens with one attached hydrogen (secondary N) is 1. The first kappa shape index (κ1) is 20.7. The second kappa shape index (κ2) is 9.36. The van der Waals surface area contributed by atoms with Crippen molar-refractivity contribution in [3.63, 3.8) is 0 Å². The summed E-state index contributed by atoms with van der Waals surface area (Å²) in [7, 11) is 3.77. The van der Waals surface area contributed by atoms with E-state index in [4.69, 9.17) is 11.6 Å². The van der Waals surface area contributed by atoms with Crippen LogP contribution in [0.15, 0.2) is 23.5 Å². The Morgan fingerprint density at radius 1 is 1.27 bits per heavy atom. The van der Waals surface area contributed by atoms with Gasteiger partial charge in [-0.3, -0.25) is 9.98 Å². The van der Waals surface area contributed by atoms with Gasteiger partial charge < -0.3 is 19.7 Å². The molecule has 0 aromatic carbocycles. The molecule has 0 aliphatic carbocycles. The molecule has 26 heavy (non-hydrogen) atoms. The number of hydrogen-bond donors (Lipinski definition) is 1. The van der Waals surface area contributed by atoms with Crippen LogP contribution in [0.3, 0.4) is 0 Å². The van der Waals surface area contributed by atoms with Crippen LogP contribution in [0.5, 0.6) is 0 Å². The summed E-state index contributed by atoms with van der Waals surface area (Å²) >= 11 is 6.25. The molecule has 8 nitrogen and oxygen atoms in total. The minimum atomic E-state index is 0. The predicted molar refractivity (Wildman–Crippen MR) is 114 cm³/mol. The van der Waals surface area contributed by atoms with Crippen LogP contribution < -0.4 is 10.2 Å². The maximum atomic E-state index is 6.25. The first-order chi connectivity index (χ1) is 12.1. The van der Waals surface area contributed by atoms with Gasteiger partial charge in [0, 0.05) is 52.7 Å². The van der Waals surface area contributed by atoms with Gasteiger partial charge >= 0.3 is 0 Å². The van der Waals surface area contributed by atoms with Crippen molar-refractivity contribution in [1.29, 1.82) is 0 Å². The zero-order valence-corrected chi connectivity index (χ0v) is 18.3. The molecule has 0 saturated carbocycles. The van der Waals surface area contributed by atoms with E-state index in [1.54, 1.807) is 19.4 Å². The van der Waals surface area contributed by atoms with Crippen LogP contribution in [0.4, 0.5) is 5.69 Å². The lowest BCUT2D eigenvalue weighted by molar-refractivity contribution is 0.371. The molecule has 0 radical (unpaired) electrons. The van der Waals surface area contributed by atoms with Crippen molar-refractivity contribution in [2.24, 2.45) is 12.0 Å². The number of piperazine rings is 1. The average Bonchev–Trinajstić information content (AvgIpc) is 2.95. The van der Waals surface area contributed by atoms with Gasteiger partial charge in [0.15, 0.2) is 11.8 Å². The molecule has 1 aliphatic heterocycles. The summed E-state index contributed by atoms with van der Waals surface area (Å²) in [4.78, 5) is 13.0. The van der Waals surface area contributed by atoms with E-state index in [9.17, 15) is 0 Å². The Labute approximate surface area is 175 Å². The highest BCUT2D eigenvalue weighted by molar-refractivity contribution is 14.0. The lowest BCUT2D eigenvalue weighted by atomic mass is 10.2. The summed E-state index contributed by atoms with van der Waals surface area (Å²) < 4.78 is 1.98. The van der Waals surface area contributed by atoms with E-state index >= 15 is 0 Å². The van der Waals surface area contributed by atoms with E-state index in [0.717, 1.165) is 49.5 Å². The molecule has 1 fully saturated rings. The Kier molecular flexibility index (Phi) is 7.44. The minimum absolute atomic E-state index is 0. The topological polar surface area (TPSA) is 74.5 Å². The fraction of sp³-hybridized carbons (Fsp3) is 0.500. The molecule has 0 bridgehead atoms. The lowest BCUT2D eigenvalue weighted by Crippen LogP contribution is -2.52. The Hall–Kier alpha value is -1.62. The van der Waals surface area contributed by atoms with Gasteiger partial charge in [0.05, 0.1) is 17.3 Å². The number of halogens is 2. The van der Waals surface area contributed by atoms with Gasteiger partial charge in [-0.05, 0) is 13.0 Å². The van der Waals surface area contributed by atoms with Crippen LogP contribution in [0, 0.1) is 6.92 Å². The van der Waals surface area contributed by atoms with Crippen molar-refractivity contribution in [2.75, 3.05) is 38.1 Å². The van der Waals surface area contributed by atoms with E-state index in [0.29, 0.717) is 11.6 Å². The van der Waals surface area contributed by atoms with Crippen molar-refractivity contribution >= 4 is 47.2 Å². The summed E-state index contributed by atoms with van der Waals surface area (Å²) in [6, 6.07) is 1.96. The summed E-state index contributed by atoms with van der Waals surface area (Å²) in [5.74, 6) is 2.66. The molecule has 1 saturated heterocycles. The van der Waals surface area contributed by atoms with E-state index in [-0.39, 0.29) is 24.0 Å². The van der Waals surface area contributed by atoms with Crippen LogP contribution >= 0.6 is 35.6 Å².